The van der Waals surface area contributed by atoms with Crippen LogP contribution in [0.4, 0.5) is 11.5 Å². The third kappa shape index (κ3) is 2.11. The summed E-state index contributed by atoms with van der Waals surface area (Å²) in [6, 6.07) is 13.2. The molecule has 18 heavy (non-hydrogen) atoms. The Hall–Kier alpha value is -2.54. The minimum atomic E-state index is 0.604. The highest BCUT2D eigenvalue weighted by atomic mass is 16.5. The molecule has 0 atom stereocenters. The van der Waals surface area contributed by atoms with Crippen LogP contribution in [0.15, 0.2) is 42.6 Å². The van der Waals surface area contributed by atoms with Crippen molar-refractivity contribution in [2.75, 3.05) is 19.1 Å². The SMILES string of the molecule is COc1cccnc1N(C)c1ccccc1C#N. The molecule has 4 nitrogen and oxygen atoms in total. The van der Waals surface area contributed by atoms with Gasteiger partial charge in [-0.2, -0.15) is 5.26 Å². The van der Waals surface area contributed by atoms with Crippen molar-refractivity contribution < 1.29 is 4.74 Å². The van der Waals surface area contributed by atoms with E-state index in [-0.39, 0.29) is 0 Å². The van der Waals surface area contributed by atoms with Crippen LogP contribution in [0.1, 0.15) is 5.56 Å². The molecule has 0 fully saturated rings. The van der Waals surface area contributed by atoms with Crippen molar-refractivity contribution in [1.29, 1.82) is 5.26 Å². The number of rotatable bonds is 3. The fourth-order valence-corrected chi connectivity index (χ4v) is 1.77. The lowest BCUT2D eigenvalue weighted by Crippen LogP contribution is -2.13. The van der Waals surface area contributed by atoms with E-state index in [1.165, 1.54) is 0 Å². The Morgan fingerprint density at radius 2 is 2.00 bits per heavy atom. The van der Waals surface area contributed by atoms with Crippen molar-refractivity contribution in [2.24, 2.45) is 0 Å². The highest BCUT2D eigenvalue weighted by Gasteiger charge is 2.13. The molecule has 0 radical (unpaired) electrons. The van der Waals surface area contributed by atoms with Crippen molar-refractivity contribution in [3.8, 4) is 11.8 Å². The van der Waals surface area contributed by atoms with Gasteiger partial charge in [0.2, 0.25) is 0 Å². The van der Waals surface area contributed by atoms with Crippen molar-refractivity contribution >= 4 is 11.5 Å². The summed E-state index contributed by atoms with van der Waals surface area (Å²) < 4.78 is 5.27. The van der Waals surface area contributed by atoms with E-state index >= 15 is 0 Å². The van der Waals surface area contributed by atoms with Gasteiger partial charge in [0.1, 0.15) is 6.07 Å². The van der Waals surface area contributed by atoms with Gasteiger partial charge in [-0.25, -0.2) is 4.98 Å². The molecule has 0 amide bonds. The van der Waals surface area contributed by atoms with E-state index in [1.807, 2.05) is 42.3 Å². The Labute approximate surface area is 106 Å². The Bertz CT molecular complexity index is 590. The Morgan fingerprint density at radius 1 is 1.22 bits per heavy atom. The summed E-state index contributed by atoms with van der Waals surface area (Å²) in [6.45, 7) is 0. The average Bonchev–Trinajstić information content (AvgIpc) is 2.46. The van der Waals surface area contributed by atoms with E-state index in [4.69, 9.17) is 10.00 Å². The van der Waals surface area contributed by atoms with E-state index in [1.54, 1.807) is 19.4 Å². The molecule has 0 aliphatic rings. The van der Waals surface area contributed by atoms with Crippen LogP contribution in [-0.4, -0.2) is 19.1 Å². The van der Waals surface area contributed by atoms with Gasteiger partial charge in [0.05, 0.1) is 18.4 Å². The first kappa shape index (κ1) is 11.9. The molecule has 0 spiro atoms. The van der Waals surface area contributed by atoms with E-state index in [0.29, 0.717) is 17.1 Å². The predicted molar refractivity (Wildman–Crippen MR) is 70.0 cm³/mol. The lowest BCUT2D eigenvalue weighted by atomic mass is 10.2. The molecule has 90 valence electrons. The van der Waals surface area contributed by atoms with Gasteiger partial charge < -0.3 is 9.64 Å². The van der Waals surface area contributed by atoms with Crippen molar-refractivity contribution in [2.45, 2.75) is 0 Å². The first-order valence-electron chi connectivity index (χ1n) is 5.49. The van der Waals surface area contributed by atoms with Gasteiger partial charge >= 0.3 is 0 Å². The second-order valence-electron chi connectivity index (χ2n) is 3.72. The fraction of sp³-hybridized carbons (Fsp3) is 0.143. The molecular weight excluding hydrogens is 226 g/mol. The summed E-state index contributed by atoms with van der Waals surface area (Å²) in [6.07, 6.45) is 1.70. The molecule has 0 saturated heterocycles. The maximum atomic E-state index is 9.11. The second kappa shape index (κ2) is 5.19. The lowest BCUT2D eigenvalue weighted by molar-refractivity contribution is 0.414. The van der Waals surface area contributed by atoms with E-state index in [0.717, 1.165) is 5.69 Å². The van der Waals surface area contributed by atoms with Gasteiger partial charge in [-0.05, 0) is 24.3 Å². The minimum Gasteiger partial charge on any atom is -0.493 e. The number of ether oxygens (including phenoxy) is 1. The third-order valence-corrected chi connectivity index (χ3v) is 2.67. The number of anilines is 2. The van der Waals surface area contributed by atoms with Gasteiger partial charge in [0.25, 0.3) is 0 Å². The quantitative estimate of drug-likeness (QED) is 0.826. The first-order valence-corrected chi connectivity index (χ1v) is 5.49. The van der Waals surface area contributed by atoms with Crippen LogP contribution < -0.4 is 9.64 Å². The molecule has 0 N–H and O–H groups in total. The summed E-state index contributed by atoms with van der Waals surface area (Å²) >= 11 is 0. The normalized spacial score (nSPS) is 9.61. The number of hydrogen-bond donors (Lipinski definition) is 0. The molecule has 0 aliphatic heterocycles. The van der Waals surface area contributed by atoms with E-state index in [2.05, 4.69) is 11.1 Å². The molecule has 1 aromatic carbocycles. The summed E-state index contributed by atoms with van der Waals surface area (Å²) in [4.78, 5) is 6.14. The molecule has 2 aromatic rings. The maximum Gasteiger partial charge on any atom is 0.175 e. The zero-order chi connectivity index (χ0) is 13.0. The molecule has 4 heteroatoms. The van der Waals surface area contributed by atoms with Crippen LogP contribution in [-0.2, 0) is 0 Å². The number of hydrogen-bond acceptors (Lipinski definition) is 4. The summed E-state index contributed by atoms with van der Waals surface area (Å²) in [5, 5.41) is 9.11. The number of pyridine rings is 1. The van der Waals surface area contributed by atoms with Gasteiger partial charge in [-0.15, -0.1) is 0 Å². The number of nitrogens with zero attached hydrogens (tertiary/aromatic N) is 3. The summed E-state index contributed by atoms with van der Waals surface area (Å²) in [5.41, 5.74) is 1.41. The number of methoxy groups -OCH3 is 1. The molecular formula is C14H13N3O. The zero-order valence-electron chi connectivity index (χ0n) is 10.3. The summed E-state index contributed by atoms with van der Waals surface area (Å²) in [7, 11) is 3.46. The Balaban J connectivity index is 2.48. The van der Waals surface area contributed by atoms with Gasteiger partial charge in [0, 0.05) is 13.2 Å². The highest BCUT2D eigenvalue weighted by molar-refractivity contribution is 5.69. The van der Waals surface area contributed by atoms with Gasteiger partial charge in [-0.1, -0.05) is 12.1 Å². The average molecular weight is 239 g/mol. The smallest absolute Gasteiger partial charge is 0.175 e. The molecule has 0 unspecified atom stereocenters. The predicted octanol–water partition coefficient (Wildman–Crippen LogP) is 2.73. The number of aromatic nitrogens is 1. The number of nitriles is 1. The van der Waals surface area contributed by atoms with E-state index in [9.17, 15) is 0 Å². The van der Waals surface area contributed by atoms with E-state index < -0.39 is 0 Å². The third-order valence-electron chi connectivity index (χ3n) is 2.67. The molecule has 1 heterocycles. The molecule has 2 rings (SSSR count). The zero-order valence-corrected chi connectivity index (χ0v) is 10.3. The monoisotopic (exact) mass is 239 g/mol. The standard InChI is InChI=1S/C14H13N3O/c1-17(12-7-4-3-6-11(12)10-15)14-13(18-2)8-5-9-16-14/h3-9H,1-2H3. The number of benzene rings is 1. The highest BCUT2D eigenvalue weighted by Crippen LogP contribution is 2.31. The van der Waals surface area contributed by atoms with Crippen molar-refractivity contribution in [1.82, 2.24) is 4.98 Å². The molecule has 0 aliphatic carbocycles. The molecule has 1 aromatic heterocycles. The molecule has 0 saturated carbocycles. The van der Waals surface area contributed by atoms with Crippen LogP contribution in [0, 0.1) is 11.3 Å². The fourth-order valence-electron chi connectivity index (χ4n) is 1.77. The summed E-state index contributed by atoms with van der Waals surface area (Å²) in [5.74, 6) is 1.36. The second-order valence-corrected chi connectivity index (χ2v) is 3.72. The van der Waals surface area contributed by atoms with Crippen molar-refractivity contribution in [3.63, 3.8) is 0 Å². The van der Waals surface area contributed by atoms with Gasteiger partial charge in [-0.3, -0.25) is 0 Å². The first-order chi connectivity index (χ1) is 8.77. The largest absolute Gasteiger partial charge is 0.493 e. The lowest BCUT2D eigenvalue weighted by Gasteiger charge is -2.21. The number of para-hydroxylation sites is 1. The van der Waals surface area contributed by atoms with Crippen LogP contribution in [0.25, 0.3) is 0 Å². The maximum absolute atomic E-state index is 9.11. The van der Waals surface area contributed by atoms with Crippen LogP contribution in [0.3, 0.4) is 0 Å². The minimum absolute atomic E-state index is 0.604. The topological polar surface area (TPSA) is 49.1 Å². The van der Waals surface area contributed by atoms with Crippen LogP contribution in [0.5, 0.6) is 5.75 Å². The van der Waals surface area contributed by atoms with Crippen molar-refractivity contribution in [3.05, 3.63) is 48.2 Å². The van der Waals surface area contributed by atoms with Crippen LogP contribution in [0.2, 0.25) is 0 Å². The van der Waals surface area contributed by atoms with Crippen LogP contribution >= 0.6 is 0 Å². The Kier molecular flexibility index (Phi) is 3.44. The van der Waals surface area contributed by atoms with Gasteiger partial charge in [0.15, 0.2) is 11.6 Å². The Morgan fingerprint density at radius 3 is 2.72 bits per heavy atom. The molecule has 0 bridgehead atoms.